The van der Waals surface area contributed by atoms with Crippen LogP contribution in [0.4, 0.5) is 0 Å². The highest BCUT2D eigenvalue weighted by molar-refractivity contribution is 5.64. The third kappa shape index (κ3) is 1.97. The Labute approximate surface area is 95.3 Å². The summed E-state index contributed by atoms with van der Waals surface area (Å²) in [5, 5.41) is 11.1. The number of aryl methyl sites for hydroxylation is 2. The molecule has 0 radical (unpaired) electrons. The van der Waals surface area contributed by atoms with Crippen molar-refractivity contribution in [3.05, 3.63) is 35.5 Å². The van der Waals surface area contributed by atoms with E-state index in [1.54, 1.807) is 10.9 Å². The van der Waals surface area contributed by atoms with Gasteiger partial charge in [0.1, 0.15) is 0 Å². The van der Waals surface area contributed by atoms with Crippen molar-refractivity contribution in [3.63, 3.8) is 0 Å². The summed E-state index contributed by atoms with van der Waals surface area (Å²) >= 11 is 0. The van der Waals surface area contributed by atoms with Crippen molar-refractivity contribution in [1.29, 1.82) is 0 Å². The molecule has 0 amide bonds. The van der Waals surface area contributed by atoms with Crippen LogP contribution in [-0.2, 0) is 13.6 Å². The highest BCUT2D eigenvalue weighted by atomic mass is 15.4. The van der Waals surface area contributed by atoms with Crippen molar-refractivity contribution >= 4 is 0 Å². The highest BCUT2D eigenvalue weighted by Gasteiger charge is 2.08. The average molecular weight is 216 g/mol. The molecule has 0 spiro atoms. The second kappa shape index (κ2) is 4.45. The Bertz CT molecular complexity index is 488. The molecule has 1 N–H and O–H groups in total. The third-order valence-electron chi connectivity index (χ3n) is 2.62. The maximum absolute atomic E-state index is 3.97. The molecule has 4 heteroatoms. The smallest absolute Gasteiger partial charge is 0.0885 e. The molecule has 0 aliphatic heterocycles. The van der Waals surface area contributed by atoms with Crippen LogP contribution < -0.4 is 5.32 Å². The van der Waals surface area contributed by atoms with E-state index in [4.69, 9.17) is 0 Å². The number of hydrogen-bond donors (Lipinski definition) is 1. The first-order valence-corrected chi connectivity index (χ1v) is 5.31. The van der Waals surface area contributed by atoms with Crippen molar-refractivity contribution in [1.82, 2.24) is 20.3 Å². The first kappa shape index (κ1) is 10.8. The number of nitrogens with one attached hydrogen (secondary N) is 1. The van der Waals surface area contributed by atoms with E-state index in [0.29, 0.717) is 0 Å². The molecule has 0 aliphatic rings. The molecular formula is C12H16N4. The van der Waals surface area contributed by atoms with Gasteiger partial charge >= 0.3 is 0 Å². The van der Waals surface area contributed by atoms with Crippen LogP contribution in [0.5, 0.6) is 0 Å². The minimum Gasteiger partial charge on any atom is -0.316 e. The summed E-state index contributed by atoms with van der Waals surface area (Å²) in [6.07, 6.45) is 1.80. The Morgan fingerprint density at radius 2 is 2.19 bits per heavy atom. The van der Waals surface area contributed by atoms with Crippen molar-refractivity contribution in [2.75, 3.05) is 7.05 Å². The standard InChI is InChI=1S/C12H16N4/c1-9-4-5-10(7-13-2)11(6-9)12-8-14-15-16(12)3/h4-6,8,13H,7H2,1-3H3. The topological polar surface area (TPSA) is 42.7 Å². The fourth-order valence-electron chi connectivity index (χ4n) is 1.81. The van der Waals surface area contributed by atoms with E-state index in [1.165, 1.54) is 16.7 Å². The number of benzene rings is 1. The second-order valence-electron chi connectivity index (χ2n) is 3.93. The van der Waals surface area contributed by atoms with Crippen LogP contribution in [0.3, 0.4) is 0 Å². The Balaban J connectivity index is 2.53. The molecule has 1 aromatic carbocycles. The zero-order valence-corrected chi connectivity index (χ0v) is 9.86. The number of aromatic nitrogens is 3. The van der Waals surface area contributed by atoms with Gasteiger partial charge in [0.25, 0.3) is 0 Å². The quantitative estimate of drug-likeness (QED) is 0.845. The highest BCUT2D eigenvalue weighted by Crippen LogP contribution is 2.23. The molecule has 0 atom stereocenters. The molecule has 0 saturated heterocycles. The van der Waals surface area contributed by atoms with Crippen molar-refractivity contribution in [3.8, 4) is 11.3 Å². The van der Waals surface area contributed by atoms with Crippen molar-refractivity contribution in [2.45, 2.75) is 13.5 Å². The van der Waals surface area contributed by atoms with Gasteiger partial charge in [-0.05, 0) is 25.6 Å². The van der Waals surface area contributed by atoms with Crippen LogP contribution in [-0.4, -0.2) is 22.0 Å². The van der Waals surface area contributed by atoms with Gasteiger partial charge in [-0.25, -0.2) is 4.68 Å². The lowest BCUT2D eigenvalue weighted by Crippen LogP contribution is -2.07. The first-order chi connectivity index (χ1) is 7.72. The van der Waals surface area contributed by atoms with E-state index in [-0.39, 0.29) is 0 Å². The fraction of sp³-hybridized carbons (Fsp3) is 0.333. The minimum atomic E-state index is 0.848. The molecule has 0 bridgehead atoms. The van der Waals surface area contributed by atoms with Crippen molar-refractivity contribution in [2.24, 2.45) is 7.05 Å². The Morgan fingerprint density at radius 3 is 2.81 bits per heavy atom. The largest absolute Gasteiger partial charge is 0.316 e. The van der Waals surface area contributed by atoms with Gasteiger partial charge in [0.15, 0.2) is 0 Å². The minimum absolute atomic E-state index is 0.848. The van der Waals surface area contributed by atoms with Crippen LogP contribution in [0.25, 0.3) is 11.3 Å². The van der Waals surface area contributed by atoms with E-state index in [0.717, 1.165) is 12.2 Å². The fourth-order valence-corrected chi connectivity index (χ4v) is 1.81. The summed E-state index contributed by atoms with van der Waals surface area (Å²) in [5.41, 5.74) is 4.75. The molecule has 84 valence electrons. The predicted octanol–water partition coefficient (Wildman–Crippen LogP) is 1.51. The van der Waals surface area contributed by atoms with Gasteiger partial charge in [0.05, 0.1) is 11.9 Å². The van der Waals surface area contributed by atoms with Gasteiger partial charge in [0, 0.05) is 19.2 Å². The summed E-state index contributed by atoms with van der Waals surface area (Å²) < 4.78 is 1.80. The number of hydrogen-bond acceptors (Lipinski definition) is 3. The lowest BCUT2D eigenvalue weighted by Gasteiger charge is -2.09. The van der Waals surface area contributed by atoms with Gasteiger partial charge in [-0.3, -0.25) is 0 Å². The van der Waals surface area contributed by atoms with Gasteiger partial charge in [-0.2, -0.15) is 0 Å². The monoisotopic (exact) mass is 216 g/mol. The Morgan fingerprint density at radius 1 is 1.38 bits per heavy atom. The Kier molecular flexibility index (Phi) is 3.01. The first-order valence-electron chi connectivity index (χ1n) is 5.31. The molecule has 0 fully saturated rings. The second-order valence-corrected chi connectivity index (χ2v) is 3.93. The zero-order chi connectivity index (χ0) is 11.5. The van der Waals surface area contributed by atoms with Gasteiger partial charge in [0.2, 0.25) is 0 Å². The Hall–Kier alpha value is -1.68. The summed E-state index contributed by atoms with van der Waals surface area (Å²) in [6.45, 7) is 2.94. The predicted molar refractivity (Wildman–Crippen MR) is 63.9 cm³/mol. The van der Waals surface area contributed by atoms with E-state index in [9.17, 15) is 0 Å². The van der Waals surface area contributed by atoms with Gasteiger partial charge in [-0.1, -0.05) is 22.9 Å². The lowest BCUT2D eigenvalue weighted by molar-refractivity contribution is 0.719. The van der Waals surface area contributed by atoms with Gasteiger partial charge < -0.3 is 5.32 Å². The summed E-state index contributed by atoms with van der Waals surface area (Å²) in [5.74, 6) is 0. The number of rotatable bonds is 3. The molecule has 0 unspecified atom stereocenters. The molecule has 4 nitrogen and oxygen atoms in total. The molecule has 1 heterocycles. The third-order valence-corrected chi connectivity index (χ3v) is 2.62. The number of nitrogens with zero attached hydrogens (tertiary/aromatic N) is 3. The molecule has 0 saturated carbocycles. The van der Waals surface area contributed by atoms with Crippen molar-refractivity contribution < 1.29 is 0 Å². The van der Waals surface area contributed by atoms with E-state index >= 15 is 0 Å². The van der Waals surface area contributed by atoms with Gasteiger partial charge in [-0.15, -0.1) is 5.10 Å². The SMILES string of the molecule is CNCc1ccc(C)cc1-c1cnnn1C. The van der Waals surface area contributed by atoms with Crippen LogP contribution >= 0.6 is 0 Å². The average Bonchev–Trinajstić information content (AvgIpc) is 2.67. The molecule has 2 rings (SSSR count). The van der Waals surface area contributed by atoms with E-state index < -0.39 is 0 Å². The van der Waals surface area contributed by atoms with Crippen LogP contribution in [0.2, 0.25) is 0 Å². The maximum atomic E-state index is 3.97. The lowest BCUT2D eigenvalue weighted by atomic mass is 10.0. The molecule has 2 aromatic rings. The summed E-state index contributed by atoms with van der Waals surface area (Å²) in [6, 6.07) is 6.44. The van der Waals surface area contributed by atoms with Crippen LogP contribution in [0.1, 0.15) is 11.1 Å². The molecule has 1 aromatic heterocycles. The molecular weight excluding hydrogens is 200 g/mol. The van der Waals surface area contributed by atoms with E-state index in [1.807, 2.05) is 14.1 Å². The molecule has 16 heavy (non-hydrogen) atoms. The van der Waals surface area contributed by atoms with Crippen LogP contribution in [0, 0.1) is 6.92 Å². The molecule has 0 aliphatic carbocycles. The van der Waals surface area contributed by atoms with E-state index in [2.05, 4.69) is 40.8 Å². The maximum Gasteiger partial charge on any atom is 0.0885 e. The summed E-state index contributed by atoms with van der Waals surface area (Å²) in [4.78, 5) is 0. The summed E-state index contributed by atoms with van der Waals surface area (Å²) in [7, 11) is 3.86. The normalized spacial score (nSPS) is 10.7. The van der Waals surface area contributed by atoms with Crippen LogP contribution in [0.15, 0.2) is 24.4 Å². The zero-order valence-electron chi connectivity index (χ0n) is 9.86.